The highest BCUT2D eigenvalue weighted by Gasteiger charge is 2.41. The van der Waals surface area contributed by atoms with Crippen LogP contribution >= 0.6 is 0 Å². The number of nitrogens with two attached hydrogens (primary N) is 2. The lowest BCUT2D eigenvalue weighted by molar-refractivity contribution is -0.145. The second-order valence-electron chi connectivity index (χ2n) is 5.54. The molecule has 0 aromatic heterocycles. The van der Waals surface area contributed by atoms with E-state index in [1.165, 1.54) is 4.90 Å². The topological polar surface area (TPSA) is 163 Å². The highest BCUT2D eigenvalue weighted by atomic mass is 16.4. The summed E-state index contributed by atoms with van der Waals surface area (Å²) >= 11 is 0. The van der Waals surface area contributed by atoms with Crippen LogP contribution in [0.2, 0.25) is 0 Å². The Morgan fingerprint density at radius 2 is 1.96 bits per heavy atom. The molecule has 0 aliphatic carbocycles. The van der Waals surface area contributed by atoms with Crippen LogP contribution in [0.15, 0.2) is 24.3 Å². The molecular weight excluding hydrogens is 314 g/mol. The number of carbonyl (C=O) groups excluding carboxylic acids is 2. The number of nitrogens with zero attached hydrogens (tertiary/aromatic N) is 1. The van der Waals surface area contributed by atoms with Crippen molar-refractivity contribution in [3.05, 3.63) is 29.8 Å². The Kier molecular flexibility index (Phi) is 5.02. The first-order valence-electron chi connectivity index (χ1n) is 7.33. The lowest BCUT2D eigenvalue weighted by atomic mass is 9.91. The lowest BCUT2D eigenvalue weighted by Crippen LogP contribution is -2.41. The standard InChI is InChI=1S/C15H19N5O4/c16-12(17)8-1-3-9(4-2-8)20-6-5-10(13(20)21)11(14(22)23)7-19-15(18)24/h1-4,10-11H,5-7H2,(H3,16,17)(H,22,23)(H3,18,19,24). The third kappa shape index (κ3) is 3.62. The molecule has 1 heterocycles. The van der Waals surface area contributed by atoms with Crippen molar-refractivity contribution in [2.75, 3.05) is 18.0 Å². The molecule has 128 valence electrons. The highest BCUT2D eigenvalue weighted by Crippen LogP contribution is 2.30. The number of benzene rings is 1. The molecule has 9 nitrogen and oxygen atoms in total. The molecule has 1 fully saturated rings. The summed E-state index contributed by atoms with van der Waals surface area (Å²) in [6.07, 6.45) is 0.366. The van der Waals surface area contributed by atoms with Crippen LogP contribution in [0.1, 0.15) is 12.0 Å². The summed E-state index contributed by atoms with van der Waals surface area (Å²) in [4.78, 5) is 36.3. The van der Waals surface area contributed by atoms with E-state index in [9.17, 15) is 19.5 Å². The van der Waals surface area contributed by atoms with Crippen LogP contribution in [-0.2, 0) is 9.59 Å². The van der Waals surface area contributed by atoms with Gasteiger partial charge < -0.3 is 26.8 Å². The zero-order chi connectivity index (χ0) is 17.9. The van der Waals surface area contributed by atoms with Gasteiger partial charge in [-0.25, -0.2) is 4.79 Å². The Balaban J connectivity index is 2.14. The van der Waals surface area contributed by atoms with Crippen LogP contribution < -0.4 is 21.7 Å². The quantitative estimate of drug-likeness (QED) is 0.356. The minimum Gasteiger partial charge on any atom is -0.481 e. The maximum absolute atomic E-state index is 12.6. The van der Waals surface area contributed by atoms with Crippen LogP contribution in [0.4, 0.5) is 10.5 Å². The number of primary amides is 1. The number of aliphatic carboxylic acids is 1. The van der Waals surface area contributed by atoms with E-state index in [4.69, 9.17) is 16.9 Å². The molecule has 0 saturated carbocycles. The fraction of sp³-hybridized carbons (Fsp3) is 0.333. The van der Waals surface area contributed by atoms with Crippen molar-refractivity contribution >= 4 is 29.4 Å². The minimum atomic E-state index is -1.16. The number of carboxylic acids is 1. The molecule has 2 atom stereocenters. The average Bonchev–Trinajstić information content (AvgIpc) is 2.89. The summed E-state index contributed by atoms with van der Waals surface area (Å²) in [7, 11) is 0. The summed E-state index contributed by atoms with van der Waals surface area (Å²) in [5, 5.41) is 18.9. The molecule has 1 aromatic rings. The Labute approximate surface area is 138 Å². The Morgan fingerprint density at radius 3 is 2.46 bits per heavy atom. The molecule has 0 bridgehead atoms. The van der Waals surface area contributed by atoms with E-state index in [1.54, 1.807) is 24.3 Å². The van der Waals surface area contributed by atoms with Crippen LogP contribution in [0.5, 0.6) is 0 Å². The number of anilines is 1. The predicted molar refractivity (Wildman–Crippen MR) is 86.6 cm³/mol. The zero-order valence-electron chi connectivity index (χ0n) is 12.9. The number of carbonyl (C=O) groups is 3. The van der Waals surface area contributed by atoms with Crippen LogP contribution in [0.3, 0.4) is 0 Å². The van der Waals surface area contributed by atoms with Gasteiger partial charge >= 0.3 is 12.0 Å². The summed E-state index contributed by atoms with van der Waals surface area (Å²) in [6.45, 7) is 0.182. The van der Waals surface area contributed by atoms with Gasteiger partial charge in [-0.1, -0.05) is 0 Å². The number of carboxylic acid groups (broad SMARTS) is 1. The molecule has 3 amide bonds. The maximum atomic E-state index is 12.6. The van der Waals surface area contributed by atoms with E-state index in [1.807, 2.05) is 0 Å². The number of nitrogen functional groups attached to an aromatic ring is 1. The fourth-order valence-electron chi connectivity index (χ4n) is 2.76. The molecular formula is C15H19N5O4. The molecule has 0 radical (unpaired) electrons. The molecule has 1 aliphatic rings. The van der Waals surface area contributed by atoms with Crippen molar-refractivity contribution in [3.8, 4) is 0 Å². The first-order chi connectivity index (χ1) is 11.3. The van der Waals surface area contributed by atoms with E-state index in [-0.39, 0.29) is 18.3 Å². The molecule has 2 rings (SSSR count). The van der Waals surface area contributed by atoms with Gasteiger partial charge in [0.25, 0.3) is 0 Å². The average molecular weight is 333 g/mol. The second-order valence-corrected chi connectivity index (χ2v) is 5.54. The molecule has 7 N–H and O–H groups in total. The molecule has 2 unspecified atom stereocenters. The van der Waals surface area contributed by atoms with Crippen molar-refractivity contribution in [1.29, 1.82) is 5.41 Å². The number of nitrogens with one attached hydrogen (secondary N) is 2. The number of urea groups is 1. The van der Waals surface area contributed by atoms with Crippen molar-refractivity contribution in [2.24, 2.45) is 23.3 Å². The van der Waals surface area contributed by atoms with Gasteiger partial charge in [0.05, 0.1) is 11.8 Å². The van der Waals surface area contributed by atoms with Gasteiger partial charge in [-0.05, 0) is 30.7 Å². The number of amidine groups is 1. The summed E-state index contributed by atoms with van der Waals surface area (Å²) < 4.78 is 0. The number of amides is 3. The third-order valence-corrected chi connectivity index (χ3v) is 4.04. The largest absolute Gasteiger partial charge is 0.481 e. The summed E-state index contributed by atoms with van der Waals surface area (Å²) in [5.74, 6) is -3.32. The normalized spacial score (nSPS) is 18.2. The van der Waals surface area contributed by atoms with E-state index in [0.29, 0.717) is 24.2 Å². The Bertz CT molecular complexity index is 673. The van der Waals surface area contributed by atoms with Crippen LogP contribution in [0, 0.1) is 17.2 Å². The summed E-state index contributed by atoms with van der Waals surface area (Å²) in [6, 6.07) is 5.75. The molecule has 0 spiro atoms. The summed E-state index contributed by atoms with van der Waals surface area (Å²) in [5.41, 5.74) is 11.5. The molecule has 1 aliphatic heterocycles. The number of rotatable bonds is 6. The van der Waals surface area contributed by atoms with Gasteiger partial charge in [0.2, 0.25) is 5.91 Å². The predicted octanol–water partition coefficient (Wildman–Crippen LogP) is -0.307. The minimum absolute atomic E-state index is 0.0735. The van der Waals surface area contributed by atoms with Crippen LogP contribution in [-0.4, -0.2) is 41.9 Å². The fourth-order valence-corrected chi connectivity index (χ4v) is 2.76. The second kappa shape index (κ2) is 6.99. The number of hydrogen-bond donors (Lipinski definition) is 5. The van der Waals surface area contributed by atoms with E-state index in [0.717, 1.165) is 0 Å². The number of hydrogen-bond acceptors (Lipinski definition) is 4. The van der Waals surface area contributed by atoms with E-state index >= 15 is 0 Å². The molecule has 1 saturated heterocycles. The van der Waals surface area contributed by atoms with Gasteiger partial charge in [-0.3, -0.25) is 15.0 Å². The van der Waals surface area contributed by atoms with Crippen molar-refractivity contribution in [2.45, 2.75) is 6.42 Å². The first kappa shape index (κ1) is 17.3. The molecule has 24 heavy (non-hydrogen) atoms. The van der Waals surface area contributed by atoms with Crippen LogP contribution in [0.25, 0.3) is 0 Å². The SMILES string of the molecule is N=C(N)c1ccc(N2CCC(C(CNC(N)=O)C(=O)O)C2=O)cc1. The zero-order valence-corrected chi connectivity index (χ0v) is 12.9. The lowest BCUT2D eigenvalue weighted by Gasteiger charge is -2.20. The maximum Gasteiger partial charge on any atom is 0.312 e. The molecule has 1 aromatic carbocycles. The van der Waals surface area contributed by atoms with Gasteiger partial charge in [-0.2, -0.15) is 0 Å². The van der Waals surface area contributed by atoms with Gasteiger partial charge in [0.15, 0.2) is 0 Å². The Hall–Kier alpha value is -3.10. The van der Waals surface area contributed by atoms with E-state index < -0.39 is 23.8 Å². The van der Waals surface area contributed by atoms with Crippen molar-refractivity contribution < 1.29 is 19.5 Å². The van der Waals surface area contributed by atoms with Gasteiger partial charge in [0.1, 0.15) is 5.84 Å². The van der Waals surface area contributed by atoms with Gasteiger partial charge in [-0.15, -0.1) is 0 Å². The first-order valence-corrected chi connectivity index (χ1v) is 7.33. The monoisotopic (exact) mass is 333 g/mol. The smallest absolute Gasteiger partial charge is 0.312 e. The van der Waals surface area contributed by atoms with E-state index in [2.05, 4.69) is 5.32 Å². The van der Waals surface area contributed by atoms with Crippen molar-refractivity contribution in [1.82, 2.24) is 5.32 Å². The highest BCUT2D eigenvalue weighted by molar-refractivity contribution is 6.00. The Morgan fingerprint density at radius 1 is 1.33 bits per heavy atom. The third-order valence-electron chi connectivity index (χ3n) is 4.04. The van der Waals surface area contributed by atoms with Crippen molar-refractivity contribution in [3.63, 3.8) is 0 Å². The molecule has 9 heteroatoms. The van der Waals surface area contributed by atoms with Gasteiger partial charge in [0, 0.05) is 24.3 Å².